The van der Waals surface area contributed by atoms with Crippen LogP contribution in [0.25, 0.3) is 0 Å². The van der Waals surface area contributed by atoms with Gasteiger partial charge in [-0.3, -0.25) is 10.1 Å². The van der Waals surface area contributed by atoms with Gasteiger partial charge in [-0.25, -0.2) is 13.6 Å². The van der Waals surface area contributed by atoms with Gasteiger partial charge in [0.15, 0.2) is 0 Å². The van der Waals surface area contributed by atoms with E-state index in [-0.39, 0.29) is 0 Å². The first-order chi connectivity index (χ1) is 14.5. The first-order valence-electron chi connectivity index (χ1n) is 8.85. The quantitative estimate of drug-likeness (QED) is 0.577. The first-order valence-corrected chi connectivity index (χ1v) is 8.85. The molecule has 0 aliphatic heterocycles. The highest BCUT2D eigenvalue weighted by molar-refractivity contribution is 6.08. The smallest absolute Gasteiger partial charge is 0.326 e. The molecule has 0 heterocycles. The summed E-state index contributed by atoms with van der Waals surface area (Å²) in [6, 6.07) is 19.2. The van der Waals surface area contributed by atoms with Gasteiger partial charge in [0.25, 0.3) is 5.91 Å². The summed E-state index contributed by atoms with van der Waals surface area (Å²) < 4.78 is 27.2. The Kier molecular flexibility index (Phi) is 6.35. The van der Waals surface area contributed by atoms with Crippen molar-refractivity contribution < 1.29 is 18.4 Å². The lowest BCUT2D eigenvalue weighted by Gasteiger charge is -2.14. The number of nitrogens with one attached hydrogen (secondary N) is 3. The van der Waals surface area contributed by atoms with Gasteiger partial charge in [0, 0.05) is 11.4 Å². The maximum Gasteiger partial charge on any atom is 0.326 e. The molecule has 150 valence electrons. The van der Waals surface area contributed by atoms with Crippen LogP contribution < -0.4 is 16.0 Å². The Bertz CT molecular complexity index is 1080. The number of amides is 3. The van der Waals surface area contributed by atoms with Gasteiger partial charge in [-0.05, 0) is 42.0 Å². The third-order valence-electron chi connectivity index (χ3n) is 4.13. The molecule has 1 atom stereocenters. The van der Waals surface area contributed by atoms with Gasteiger partial charge in [0.1, 0.15) is 23.2 Å². The lowest BCUT2D eigenvalue weighted by molar-refractivity contribution is 0.0959. The number of imide groups is 1. The molecule has 0 spiro atoms. The second kappa shape index (κ2) is 9.30. The molecule has 8 heteroatoms. The number of rotatable bonds is 5. The Morgan fingerprint density at radius 3 is 2.03 bits per heavy atom. The van der Waals surface area contributed by atoms with Crippen molar-refractivity contribution in [3.05, 3.63) is 95.6 Å². The van der Waals surface area contributed by atoms with Crippen LogP contribution in [0.1, 0.15) is 22.0 Å². The van der Waals surface area contributed by atoms with Crippen LogP contribution in [-0.4, -0.2) is 11.9 Å². The van der Waals surface area contributed by atoms with Crippen molar-refractivity contribution in [3.63, 3.8) is 0 Å². The predicted molar refractivity (Wildman–Crippen MR) is 108 cm³/mol. The van der Waals surface area contributed by atoms with Gasteiger partial charge in [0.2, 0.25) is 0 Å². The average Bonchev–Trinajstić information content (AvgIpc) is 2.73. The SMILES string of the molecule is N#CC(Nc1ccc(NC(=O)NC(=O)c2c(F)cccc2F)cc1)c1ccccc1. The van der Waals surface area contributed by atoms with E-state index in [1.165, 1.54) is 0 Å². The van der Waals surface area contributed by atoms with E-state index in [9.17, 15) is 23.6 Å². The van der Waals surface area contributed by atoms with Gasteiger partial charge in [0.05, 0.1) is 6.07 Å². The van der Waals surface area contributed by atoms with Crippen LogP contribution in [0.4, 0.5) is 25.0 Å². The summed E-state index contributed by atoms with van der Waals surface area (Å²) in [5.41, 5.74) is 0.949. The van der Waals surface area contributed by atoms with Crippen molar-refractivity contribution >= 4 is 23.3 Å². The van der Waals surface area contributed by atoms with Crippen molar-refractivity contribution in [2.75, 3.05) is 10.6 Å². The fourth-order valence-electron chi connectivity index (χ4n) is 2.69. The summed E-state index contributed by atoms with van der Waals surface area (Å²) in [6.45, 7) is 0. The fraction of sp³-hybridized carbons (Fsp3) is 0.0455. The minimum atomic E-state index is -1.19. The normalized spacial score (nSPS) is 11.1. The average molecular weight is 406 g/mol. The van der Waals surface area contributed by atoms with Crippen LogP contribution in [-0.2, 0) is 0 Å². The zero-order chi connectivity index (χ0) is 21.5. The molecule has 0 saturated heterocycles. The molecular formula is C22H16F2N4O2. The highest BCUT2D eigenvalue weighted by atomic mass is 19.1. The molecule has 3 N–H and O–H groups in total. The molecule has 0 aliphatic rings. The van der Waals surface area contributed by atoms with Gasteiger partial charge >= 0.3 is 6.03 Å². The summed E-state index contributed by atoms with van der Waals surface area (Å²) in [5, 5.41) is 16.7. The second-order valence-electron chi connectivity index (χ2n) is 6.20. The third kappa shape index (κ3) is 4.97. The zero-order valence-electron chi connectivity index (χ0n) is 15.5. The lowest BCUT2D eigenvalue weighted by atomic mass is 10.1. The molecule has 0 radical (unpaired) electrons. The molecule has 0 fully saturated rings. The van der Waals surface area contributed by atoms with Crippen LogP contribution >= 0.6 is 0 Å². The van der Waals surface area contributed by atoms with Crippen LogP contribution in [0.15, 0.2) is 72.8 Å². The van der Waals surface area contributed by atoms with Crippen LogP contribution in [0.3, 0.4) is 0 Å². The van der Waals surface area contributed by atoms with E-state index < -0.39 is 35.2 Å². The van der Waals surface area contributed by atoms with Gasteiger partial charge < -0.3 is 10.6 Å². The number of halogens is 2. The predicted octanol–water partition coefficient (Wildman–Crippen LogP) is 4.60. The van der Waals surface area contributed by atoms with Gasteiger partial charge in [-0.1, -0.05) is 36.4 Å². The van der Waals surface area contributed by atoms with Crippen molar-refractivity contribution in [2.45, 2.75) is 6.04 Å². The topological polar surface area (TPSA) is 94.0 Å². The Morgan fingerprint density at radius 2 is 1.43 bits per heavy atom. The number of nitriles is 1. The molecule has 0 saturated carbocycles. The van der Waals surface area contributed by atoms with E-state index in [4.69, 9.17) is 0 Å². The van der Waals surface area contributed by atoms with Gasteiger partial charge in [-0.2, -0.15) is 5.26 Å². The number of nitrogens with zero attached hydrogens (tertiary/aromatic N) is 1. The summed E-state index contributed by atoms with van der Waals surface area (Å²) in [6.07, 6.45) is 0. The zero-order valence-corrected chi connectivity index (χ0v) is 15.5. The highest BCUT2D eigenvalue weighted by Gasteiger charge is 2.19. The minimum Gasteiger partial charge on any atom is -0.366 e. The molecule has 1 unspecified atom stereocenters. The van der Waals surface area contributed by atoms with Crippen molar-refractivity contribution in [3.8, 4) is 6.07 Å². The standard InChI is InChI=1S/C22H16F2N4O2/c23-17-7-4-8-18(24)20(17)21(29)28-22(30)27-16-11-9-15(10-12-16)26-19(13-25)14-5-2-1-3-6-14/h1-12,19,26H,(H2,27,28,29,30). The number of carbonyl (C=O) groups is 2. The Balaban J connectivity index is 1.61. The summed E-state index contributed by atoms with van der Waals surface area (Å²) in [7, 11) is 0. The molecule has 6 nitrogen and oxygen atoms in total. The summed E-state index contributed by atoms with van der Waals surface area (Å²) in [4.78, 5) is 23.9. The summed E-state index contributed by atoms with van der Waals surface area (Å²) >= 11 is 0. The monoisotopic (exact) mass is 406 g/mol. The molecule has 3 rings (SSSR count). The Hall–Kier alpha value is -4.25. The maximum atomic E-state index is 13.6. The highest BCUT2D eigenvalue weighted by Crippen LogP contribution is 2.20. The summed E-state index contributed by atoms with van der Waals surface area (Å²) in [5.74, 6) is -3.33. The van der Waals surface area contributed by atoms with E-state index in [0.717, 1.165) is 23.8 Å². The van der Waals surface area contributed by atoms with E-state index in [0.29, 0.717) is 11.4 Å². The van der Waals surface area contributed by atoms with Crippen molar-refractivity contribution in [2.24, 2.45) is 0 Å². The number of anilines is 2. The molecule has 3 aromatic carbocycles. The van der Waals surface area contributed by atoms with Crippen LogP contribution in [0, 0.1) is 23.0 Å². The lowest BCUT2D eigenvalue weighted by Crippen LogP contribution is -2.35. The van der Waals surface area contributed by atoms with Crippen molar-refractivity contribution in [1.29, 1.82) is 5.26 Å². The third-order valence-corrected chi connectivity index (χ3v) is 4.13. The van der Waals surface area contributed by atoms with Crippen LogP contribution in [0.2, 0.25) is 0 Å². The van der Waals surface area contributed by atoms with Crippen LogP contribution in [0.5, 0.6) is 0 Å². The largest absolute Gasteiger partial charge is 0.366 e. The maximum absolute atomic E-state index is 13.6. The van der Waals surface area contributed by atoms with Crippen molar-refractivity contribution in [1.82, 2.24) is 5.32 Å². The molecular weight excluding hydrogens is 390 g/mol. The fourth-order valence-corrected chi connectivity index (χ4v) is 2.69. The number of hydrogen-bond acceptors (Lipinski definition) is 4. The number of urea groups is 1. The number of hydrogen-bond donors (Lipinski definition) is 3. The Labute approximate surface area is 171 Å². The number of benzene rings is 3. The first kappa shape index (κ1) is 20.5. The van der Waals surface area contributed by atoms with E-state index >= 15 is 0 Å². The van der Waals surface area contributed by atoms with E-state index in [1.54, 1.807) is 24.3 Å². The molecule has 30 heavy (non-hydrogen) atoms. The molecule has 0 aliphatic carbocycles. The van der Waals surface area contributed by atoms with E-state index in [1.807, 2.05) is 35.6 Å². The number of carbonyl (C=O) groups excluding carboxylic acids is 2. The minimum absolute atomic E-state index is 0.341. The van der Waals surface area contributed by atoms with E-state index in [2.05, 4.69) is 16.7 Å². The second-order valence-corrected chi connectivity index (χ2v) is 6.20. The van der Waals surface area contributed by atoms with Gasteiger partial charge in [-0.15, -0.1) is 0 Å². The molecule has 0 aromatic heterocycles. The molecule has 0 bridgehead atoms. The Morgan fingerprint density at radius 1 is 0.833 bits per heavy atom. The molecule has 3 amide bonds. The molecule has 3 aromatic rings.